The molecule has 0 atom stereocenters. The molecule has 4 rings (SSSR count). The fraction of sp³-hybridized carbons (Fsp3) is 0.625. The van der Waals surface area contributed by atoms with Crippen LogP contribution in [0.25, 0.3) is 0 Å². The number of carbonyl (C=O) groups is 1. The quantitative estimate of drug-likeness (QED) is 0.615. The van der Waals surface area contributed by atoms with Crippen molar-refractivity contribution in [2.24, 2.45) is 0 Å². The molecule has 1 saturated heterocycles. The van der Waals surface area contributed by atoms with E-state index in [-0.39, 0.29) is 11.4 Å². The maximum Gasteiger partial charge on any atom is 0.254 e. The molecular weight excluding hydrogens is 408 g/mol. The zero-order chi connectivity index (χ0) is 21.7. The maximum absolute atomic E-state index is 13.2. The third kappa shape index (κ3) is 5.14. The molecule has 1 amide bonds. The van der Waals surface area contributed by atoms with Gasteiger partial charge in [0, 0.05) is 29.6 Å². The molecule has 0 unspecified atom stereocenters. The van der Waals surface area contributed by atoms with Crippen LogP contribution in [0.2, 0.25) is 0 Å². The van der Waals surface area contributed by atoms with Crippen LogP contribution in [0.5, 0.6) is 0 Å². The van der Waals surface area contributed by atoms with E-state index in [1.807, 2.05) is 26.0 Å². The molecule has 7 heteroatoms. The topological polar surface area (TPSA) is 71.3 Å². The first-order valence-corrected chi connectivity index (χ1v) is 12.6. The maximum atomic E-state index is 13.2. The minimum absolute atomic E-state index is 0.0173. The molecule has 1 saturated carbocycles. The Balaban J connectivity index is 1.44. The molecule has 2 aromatic heterocycles. The lowest BCUT2D eigenvalue weighted by molar-refractivity contribution is 0.0326. The smallest absolute Gasteiger partial charge is 0.254 e. The van der Waals surface area contributed by atoms with Gasteiger partial charge >= 0.3 is 0 Å². The lowest BCUT2D eigenvalue weighted by atomic mass is 9.79. The molecule has 168 valence electrons. The van der Waals surface area contributed by atoms with E-state index in [1.165, 1.54) is 64.5 Å². The minimum Gasteiger partial charge on any atom is -0.361 e. The Kier molecular flexibility index (Phi) is 7.33. The van der Waals surface area contributed by atoms with E-state index in [4.69, 9.17) is 4.52 Å². The number of aryl methyl sites for hydroxylation is 2. The van der Waals surface area contributed by atoms with Crippen LogP contribution >= 0.6 is 11.8 Å². The van der Waals surface area contributed by atoms with Gasteiger partial charge in [-0.15, -0.1) is 11.8 Å². The summed E-state index contributed by atoms with van der Waals surface area (Å²) in [5, 5.41) is 8.08. The van der Waals surface area contributed by atoms with Crippen LogP contribution in [0.15, 0.2) is 27.9 Å². The number of carbonyl (C=O) groups excluding carboxylic acids is 1. The van der Waals surface area contributed by atoms with Crippen molar-refractivity contribution < 1.29 is 9.32 Å². The Morgan fingerprint density at radius 3 is 2.61 bits per heavy atom. The van der Waals surface area contributed by atoms with E-state index in [2.05, 4.69) is 20.4 Å². The van der Waals surface area contributed by atoms with Gasteiger partial charge in [-0.05, 0) is 64.8 Å². The summed E-state index contributed by atoms with van der Waals surface area (Å²) < 4.78 is 5.27. The minimum atomic E-state index is -0.0173. The van der Waals surface area contributed by atoms with Crippen LogP contribution < -0.4 is 5.32 Å². The van der Waals surface area contributed by atoms with E-state index >= 15 is 0 Å². The van der Waals surface area contributed by atoms with Gasteiger partial charge < -0.3 is 9.84 Å². The van der Waals surface area contributed by atoms with E-state index in [9.17, 15) is 4.79 Å². The second kappa shape index (κ2) is 10.2. The van der Waals surface area contributed by atoms with Gasteiger partial charge in [0.2, 0.25) is 0 Å². The van der Waals surface area contributed by atoms with Crippen molar-refractivity contribution in [1.82, 2.24) is 20.4 Å². The SMILES string of the molecule is Cc1noc(C)c1CSc1ncccc1C(=O)NCC1(N2CCCCC2)CCCCC1. The Bertz CT molecular complexity index is 866. The second-order valence-corrected chi connectivity index (χ2v) is 9.93. The van der Waals surface area contributed by atoms with Crippen LogP contribution in [0.1, 0.15) is 78.7 Å². The van der Waals surface area contributed by atoms with Crippen molar-refractivity contribution in [2.75, 3.05) is 19.6 Å². The Morgan fingerprint density at radius 1 is 1.16 bits per heavy atom. The summed E-state index contributed by atoms with van der Waals surface area (Å²) in [6.07, 6.45) is 11.9. The number of likely N-dealkylation sites (tertiary alicyclic amines) is 1. The van der Waals surface area contributed by atoms with Crippen molar-refractivity contribution in [2.45, 2.75) is 81.5 Å². The molecule has 2 aliphatic rings. The lowest BCUT2D eigenvalue weighted by Crippen LogP contribution is -2.58. The highest BCUT2D eigenvalue weighted by atomic mass is 32.2. The Hall–Kier alpha value is -1.86. The largest absolute Gasteiger partial charge is 0.361 e. The Morgan fingerprint density at radius 2 is 1.90 bits per heavy atom. The highest BCUT2D eigenvalue weighted by molar-refractivity contribution is 7.98. The van der Waals surface area contributed by atoms with E-state index < -0.39 is 0 Å². The molecule has 0 spiro atoms. The molecule has 31 heavy (non-hydrogen) atoms. The molecule has 1 aliphatic heterocycles. The predicted molar refractivity (Wildman–Crippen MR) is 123 cm³/mol. The summed E-state index contributed by atoms with van der Waals surface area (Å²) in [4.78, 5) is 20.4. The predicted octanol–water partition coefficient (Wildman–Crippen LogP) is 4.90. The number of hydrogen-bond acceptors (Lipinski definition) is 6. The number of amides is 1. The number of nitrogens with one attached hydrogen (secondary N) is 1. The van der Waals surface area contributed by atoms with E-state index in [0.29, 0.717) is 11.3 Å². The van der Waals surface area contributed by atoms with Gasteiger partial charge in [-0.2, -0.15) is 0 Å². The van der Waals surface area contributed by atoms with Crippen LogP contribution in [-0.2, 0) is 5.75 Å². The van der Waals surface area contributed by atoms with Gasteiger partial charge in [-0.1, -0.05) is 30.8 Å². The molecule has 1 N–H and O–H groups in total. The number of rotatable bonds is 7. The zero-order valence-corrected chi connectivity index (χ0v) is 19.6. The number of nitrogens with zero attached hydrogens (tertiary/aromatic N) is 3. The second-order valence-electron chi connectivity index (χ2n) is 8.96. The van der Waals surface area contributed by atoms with Gasteiger partial charge in [0.15, 0.2) is 0 Å². The molecule has 0 radical (unpaired) electrons. The fourth-order valence-corrected chi connectivity index (χ4v) is 6.19. The summed E-state index contributed by atoms with van der Waals surface area (Å²) in [7, 11) is 0. The molecule has 6 nitrogen and oxygen atoms in total. The molecular formula is C24H34N4O2S. The van der Waals surface area contributed by atoms with Crippen LogP contribution in [0.4, 0.5) is 0 Å². The average molecular weight is 443 g/mol. The number of aromatic nitrogens is 2. The number of thioether (sulfide) groups is 1. The monoisotopic (exact) mass is 442 g/mol. The van der Waals surface area contributed by atoms with Gasteiger partial charge in [-0.3, -0.25) is 9.69 Å². The average Bonchev–Trinajstić information content (AvgIpc) is 3.14. The summed E-state index contributed by atoms with van der Waals surface area (Å²) >= 11 is 1.57. The molecule has 1 aliphatic carbocycles. The van der Waals surface area contributed by atoms with Gasteiger partial charge in [0.1, 0.15) is 10.8 Å². The first-order valence-electron chi connectivity index (χ1n) is 11.6. The number of hydrogen-bond donors (Lipinski definition) is 1. The van der Waals surface area contributed by atoms with Gasteiger partial charge in [-0.25, -0.2) is 4.98 Å². The lowest BCUT2D eigenvalue weighted by Gasteiger charge is -2.48. The molecule has 0 aromatic carbocycles. The summed E-state index contributed by atoms with van der Waals surface area (Å²) in [5.74, 6) is 1.50. The summed E-state index contributed by atoms with van der Waals surface area (Å²) in [6, 6.07) is 3.72. The van der Waals surface area contributed by atoms with Crippen molar-refractivity contribution in [3.63, 3.8) is 0 Å². The number of piperidine rings is 1. The molecule has 2 aromatic rings. The fourth-order valence-electron chi connectivity index (χ4n) is 5.05. The van der Waals surface area contributed by atoms with Crippen LogP contribution in [0.3, 0.4) is 0 Å². The number of pyridine rings is 1. The third-order valence-electron chi connectivity index (χ3n) is 6.94. The molecule has 0 bridgehead atoms. The standard InChI is InChI=1S/C24H34N4O2S/c1-18-21(19(2)30-27-18)16-31-23-20(10-9-13-25-23)22(29)26-17-24(11-5-3-6-12-24)28-14-7-4-8-15-28/h9-10,13H,3-8,11-12,14-17H2,1-2H3,(H,26,29). The van der Waals surface area contributed by atoms with Crippen molar-refractivity contribution >= 4 is 17.7 Å². The normalized spacial score (nSPS) is 19.3. The highest BCUT2D eigenvalue weighted by Crippen LogP contribution is 2.35. The summed E-state index contributed by atoms with van der Waals surface area (Å²) in [5.41, 5.74) is 2.76. The molecule has 2 fully saturated rings. The van der Waals surface area contributed by atoms with Crippen molar-refractivity contribution in [3.05, 3.63) is 40.9 Å². The first kappa shape index (κ1) is 22.3. The van der Waals surface area contributed by atoms with Crippen LogP contribution in [-0.4, -0.2) is 46.1 Å². The third-order valence-corrected chi connectivity index (χ3v) is 7.97. The van der Waals surface area contributed by atoms with Gasteiger partial charge in [0.25, 0.3) is 5.91 Å². The van der Waals surface area contributed by atoms with Crippen molar-refractivity contribution in [3.8, 4) is 0 Å². The first-order chi connectivity index (χ1) is 15.1. The summed E-state index contributed by atoms with van der Waals surface area (Å²) in [6.45, 7) is 6.94. The van der Waals surface area contributed by atoms with Crippen LogP contribution in [0, 0.1) is 13.8 Å². The van der Waals surface area contributed by atoms with E-state index in [0.717, 1.165) is 28.6 Å². The molecule has 3 heterocycles. The highest BCUT2D eigenvalue weighted by Gasteiger charge is 2.38. The van der Waals surface area contributed by atoms with Gasteiger partial charge in [0.05, 0.1) is 11.3 Å². The van der Waals surface area contributed by atoms with E-state index in [1.54, 1.807) is 18.0 Å². The van der Waals surface area contributed by atoms with Crippen molar-refractivity contribution in [1.29, 1.82) is 0 Å². The zero-order valence-electron chi connectivity index (χ0n) is 18.8. The Labute approximate surface area is 189 Å².